The van der Waals surface area contributed by atoms with Gasteiger partial charge in [0.2, 0.25) is 5.91 Å². The van der Waals surface area contributed by atoms with E-state index in [-0.39, 0.29) is 23.8 Å². The van der Waals surface area contributed by atoms with Crippen molar-refractivity contribution in [3.05, 3.63) is 29.8 Å². The molecule has 2 fully saturated rings. The van der Waals surface area contributed by atoms with Crippen LogP contribution >= 0.6 is 0 Å². The number of piperidine rings is 1. The zero-order valence-corrected chi connectivity index (χ0v) is 15.1. The van der Waals surface area contributed by atoms with E-state index in [4.69, 9.17) is 5.73 Å². The first-order valence-electron chi connectivity index (χ1n) is 9.09. The molecule has 0 aliphatic carbocycles. The fraction of sp³-hybridized carbons (Fsp3) is 0.579. The molecule has 2 N–H and O–H groups in total. The SMILES string of the molecule is C[C@H]1CN(C)CCN1C(=O)c1ccc(N2CCC[C@@H](C(N)=O)C2)cc1. The lowest BCUT2D eigenvalue weighted by atomic mass is 9.97. The summed E-state index contributed by atoms with van der Waals surface area (Å²) in [6.45, 7) is 6.28. The van der Waals surface area contributed by atoms with Gasteiger partial charge in [-0.1, -0.05) is 0 Å². The lowest BCUT2D eigenvalue weighted by molar-refractivity contribution is -0.122. The zero-order chi connectivity index (χ0) is 18.0. The number of hydrogen-bond donors (Lipinski definition) is 1. The van der Waals surface area contributed by atoms with Crippen LogP contribution in [0, 0.1) is 5.92 Å². The van der Waals surface area contributed by atoms with E-state index in [0.29, 0.717) is 6.54 Å². The summed E-state index contributed by atoms with van der Waals surface area (Å²) in [5.74, 6) is -0.206. The van der Waals surface area contributed by atoms with Gasteiger partial charge in [0.25, 0.3) is 5.91 Å². The maximum atomic E-state index is 12.8. The summed E-state index contributed by atoms with van der Waals surface area (Å²) >= 11 is 0. The highest BCUT2D eigenvalue weighted by Crippen LogP contribution is 2.24. The highest BCUT2D eigenvalue weighted by molar-refractivity contribution is 5.95. The van der Waals surface area contributed by atoms with Crippen LogP contribution in [-0.4, -0.2) is 67.4 Å². The van der Waals surface area contributed by atoms with Gasteiger partial charge in [-0.05, 0) is 51.1 Å². The quantitative estimate of drug-likeness (QED) is 0.893. The van der Waals surface area contributed by atoms with E-state index in [1.165, 1.54) is 0 Å². The number of carbonyl (C=O) groups is 2. The van der Waals surface area contributed by atoms with Crippen LogP contribution in [-0.2, 0) is 4.79 Å². The molecule has 0 unspecified atom stereocenters. The molecule has 25 heavy (non-hydrogen) atoms. The van der Waals surface area contributed by atoms with Gasteiger partial charge in [-0.2, -0.15) is 0 Å². The minimum atomic E-state index is -0.222. The van der Waals surface area contributed by atoms with Crippen molar-refractivity contribution >= 4 is 17.5 Å². The first-order valence-corrected chi connectivity index (χ1v) is 9.09. The fourth-order valence-electron chi connectivity index (χ4n) is 3.87. The number of carbonyl (C=O) groups excluding carboxylic acids is 2. The molecule has 6 nitrogen and oxygen atoms in total. The van der Waals surface area contributed by atoms with Crippen LogP contribution in [0.5, 0.6) is 0 Å². The minimum Gasteiger partial charge on any atom is -0.371 e. The van der Waals surface area contributed by atoms with Crippen LogP contribution in [0.25, 0.3) is 0 Å². The smallest absolute Gasteiger partial charge is 0.254 e. The molecule has 0 saturated carbocycles. The lowest BCUT2D eigenvalue weighted by Crippen LogP contribution is -2.52. The predicted octanol–water partition coefficient (Wildman–Crippen LogP) is 1.16. The zero-order valence-electron chi connectivity index (χ0n) is 15.1. The van der Waals surface area contributed by atoms with E-state index < -0.39 is 0 Å². The molecule has 0 aromatic heterocycles. The van der Waals surface area contributed by atoms with Crippen LogP contribution < -0.4 is 10.6 Å². The highest BCUT2D eigenvalue weighted by atomic mass is 16.2. The normalized spacial score (nSPS) is 25.0. The molecule has 136 valence electrons. The number of benzene rings is 1. The van der Waals surface area contributed by atoms with E-state index >= 15 is 0 Å². The third-order valence-electron chi connectivity index (χ3n) is 5.39. The van der Waals surface area contributed by atoms with Crippen molar-refractivity contribution in [2.24, 2.45) is 11.7 Å². The van der Waals surface area contributed by atoms with Gasteiger partial charge in [-0.3, -0.25) is 9.59 Å². The van der Waals surface area contributed by atoms with Gasteiger partial charge in [0.15, 0.2) is 0 Å². The van der Waals surface area contributed by atoms with Crippen LogP contribution in [0.3, 0.4) is 0 Å². The number of rotatable bonds is 3. The molecule has 3 rings (SSSR count). The number of primary amides is 1. The van der Waals surface area contributed by atoms with Gasteiger partial charge >= 0.3 is 0 Å². The lowest BCUT2D eigenvalue weighted by Gasteiger charge is -2.38. The predicted molar refractivity (Wildman–Crippen MR) is 98.6 cm³/mol. The molecular weight excluding hydrogens is 316 g/mol. The topological polar surface area (TPSA) is 69.9 Å². The molecule has 1 aromatic carbocycles. The van der Waals surface area contributed by atoms with Crippen molar-refractivity contribution in [1.82, 2.24) is 9.80 Å². The maximum Gasteiger partial charge on any atom is 0.254 e. The van der Waals surface area contributed by atoms with Gasteiger partial charge in [0, 0.05) is 50.0 Å². The minimum absolute atomic E-state index is 0.0822. The van der Waals surface area contributed by atoms with E-state index in [1.54, 1.807) is 0 Å². The van der Waals surface area contributed by atoms with Crippen molar-refractivity contribution in [3.63, 3.8) is 0 Å². The molecule has 6 heteroatoms. The van der Waals surface area contributed by atoms with Gasteiger partial charge in [0.05, 0.1) is 5.92 Å². The molecule has 1 aromatic rings. The number of nitrogens with zero attached hydrogens (tertiary/aromatic N) is 3. The second-order valence-electron chi connectivity index (χ2n) is 7.34. The Bertz CT molecular complexity index is 631. The molecule has 2 heterocycles. The number of nitrogens with two attached hydrogens (primary N) is 1. The van der Waals surface area contributed by atoms with Crippen molar-refractivity contribution in [2.75, 3.05) is 44.7 Å². The molecule has 2 aliphatic heterocycles. The molecule has 0 spiro atoms. The molecule has 2 aliphatic rings. The summed E-state index contributed by atoms with van der Waals surface area (Å²) in [6, 6.07) is 7.99. The summed E-state index contributed by atoms with van der Waals surface area (Å²) in [5.41, 5.74) is 7.23. The largest absolute Gasteiger partial charge is 0.371 e. The number of likely N-dealkylation sites (N-methyl/N-ethyl adjacent to an activating group) is 1. The average Bonchev–Trinajstić information content (AvgIpc) is 2.61. The Labute approximate surface area is 149 Å². The van der Waals surface area contributed by atoms with Crippen molar-refractivity contribution in [2.45, 2.75) is 25.8 Å². The van der Waals surface area contributed by atoms with Crippen LogP contribution in [0.1, 0.15) is 30.1 Å². The Morgan fingerprint density at radius 3 is 2.44 bits per heavy atom. The summed E-state index contributed by atoms with van der Waals surface area (Å²) < 4.78 is 0. The number of anilines is 1. The van der Waals surface area contributed by atoms with Gasteiger partial charge < -0.3 is 20.4 Å². The van der Waals surface area contributed by atoms with Gasteiger partial charge in [0.1, 0.15) is 0 Å². The molecule has 2 amide bonds. The summed E-state index contributed by atoms with van der Waals surface area (Å²) in [5, 5.41) is 0. The van der Waals surface area contributed by atoms with Crippen molar-refractivity contribution in [3.8, 4) is 0 Å². The van der Waals surface area contributed by atoms with E-state index in [9.17, 15) is 9.59 Å². The second kappa shape index (κ2) is 7.44. The van der Waals surface area contributed by atoms with Crippen LogP contribution in [0.2, 0.25) is 0 Å². The Hall–Kier alpha value is -2.08. The van der Waals surface area contributed by atoms with E-state index in [1.807, 2.05) is 29.2 Å². The van der Waals surface area contributed by atoms with E-state index in [0.717, 1.165) is 50.3 Å². The van der Waals surface area contributed by atoms with Crippen molar-refractivity contribution < 1.29 is 9.59 Å². The Morgan fingerprint density at radius 2 is 1.80 bits per heavy atom. The molecule has 2 saturated heterocycles. The Kier molecular flexibility index (Phi) is 5.27. The summed E-state index contributed by atoms with van der Waals surface area (Å²) in [6.07, 6.45) is 1.83. The monoisotopic (exact) mass is 344 g/mol. The van der Waals surface area contributed by atoms with E-state index in [2.05, 4.69) is 23.8 Å². The Morgan fingerprint density at radius 1 is 1.08 bits per heavy atom. The standard InChI is InChI=1S/C19H28N4O2/c1-14-12-21(2)10-11-23(14)19(25)15-5-7-17(8-6-15)22-9-3-4-16(13-22)18(20)24/h5-8,14,16H,3-4,9-13H2,1-2H3,(H2,20,24)/t14-,16+/m0/s1. The van der Waals surface area contributed by atoms with Crippen molar-refractivity contribution in [1.29, 1.82) is 0 Å². The van der Waals surface area contributed by atoms with Gasteiger partial charge in [-0.15, -0.1) is 0 Å². The first kappa shape index (κ1) is 17.7. The first-order chi connectivity index (χ1) is 12.0. The summed E-state index contributed by atoms with van der Waals surface area (Å²) in [7, 11) is 2.09. The van der Waals surface area contributed by atoms with Crippen LogP contribution in [0.4, 0.5) is 5.69 Å². The molecule has 0 radical (unpaired) electrons. The van der Waals surface area contributed by atoms with Crippen LogP contribution in [0.15, 0.2) is 24.3 Å². The average molecular weight is 344 g/mol. The number of amides is 2. The highest BCUT2D eigenvalue weighted by Gasteiger charge is 2.27. The molecular formula is C19H28N4O2. The summed E-state index contributed by atoms with van der Waals surface area (Å²) in [4.78, 5) is 30.6. The number of piperazine rings is 1. The second-order valence-corrected chi connectivity index (χ2v) is 7.34. The molecule has 2 atom stereocenters. The van der Waals surface area contributed by atoms with Gasteiger partial charge in [-0.25, -0.2) is 0 Å². The Balaban J connectivity index is 1.67. The maximum absolute atomic E-state index is 12.8. The third-order valence-corrected chi connectivity index (χ3v) is 5.39. The molecule has 0 bridgehead atoms. The third kappa shape index (κ3) is 3.95. The fourth-order valence-corrected chi connectivity index (χ4v) is 3.87. The number of hydrogen-bond acceptors (Lipinski definition) is 4.